The molecule has 1 saturated heterocycles. The molecule has 6 heteroatoms. The van der Waals surface area contributed by atoms with Gasteiger partial charge in [0.2, 0.25) is 5.91 Å². The van der Waals surface area contributed by atoms with Crippen LogP contribution in [0.1, 0.15) is 52.5 Å². The zero-order valence-corrected chi connectivity index (χ0v) is 17.8. The minimum absolute atomic E-state index is 0.100. The Hall–Kier alpha value is -2.63. The van der Waals surface area contributed by atoms with E-state index in [0.29, 0.717) is 32.4 Å². The number of pyridine rings is 1. The Morgan fingerprint density at radius 1 is 1.24 bits per heavy atom. The molecule has 0 saturated carbocycles. The van der Waals surface area contributed by atoms with Crippen LogP contribution >= 0.6 is 0 Å². The molecule has 0 unspecified atom stereocenters. The van der Waals surface area contributed by atoms with Crippen molar-refractivity contribution in [3.05, 3.63) is 42.1 Å². The number of amides is 2. The molecule has 1 atom stereocenters. The molecule has 29 heavy (non-hydrogen) atoms. The lowest BCUT2D eigenvalue weighted by atomic mass is 9.91. The number of carbonyl (C=O) groups excluding carboxylic acids is 2. The standard InChI is InChI=1S/C23H31N3O3/c1-5-23(13-8-16-26(23)21(28)29-22(2,3)4)20(27)25-15-12-18-10-6-9-17-11-7-14-24-19(17)18/h6-7,9-11,14H,5,8,12-13,15-16H2,1-4H3,(H,25,27)/t23-/m0/s1. The van der Waals surface area contributed by atoms with E-state index in [1.807, 2.05) is 58.0 Å². The number of nitrogens with one attached hydrogen (secondary N) is 1. The van der Waals surface area contributed by atoms with Crippen molar-refractivity contribution in [3.63, 3.8) is 0 Å². The lowest BCUT2D eigenvalue weighted by Gasteiger charge is -2.37. The zero-order valence-electron chi connectivity index (χ0n) is 17.8. The van der Waals surface area contributed by atoms with E-state index in [-0.39, 0.29) is 5.91 Å². The fourth-order valence-corrected chi connectivity index (χ4v) is 4.07. The fraction of sp³-hybridized carbons (Fsp3) is 0.522. The topological polar surface area (TPSA) is 71.5 Å². The average Bonchev–Trinajstić information content (AvgIpc) is 3.12. The zero-order chi connectivity index (χ0) is 21.1. The van der Waals surface area contributed by atoms with Gasteiger partial charge in [0.1, 0.15) is 11.1 Å². The highest BCUT2D eigenvalue weighted by Crippen LogP contribution is 2.34. The molecule has 2 amide bonds. The van der Waals surface area contributed by atoms with Gasteiger partial charge in [-0.05, 0) is 58.1 Å². The molecule has 0 bridgehead atoms. The van der Waals surface area contributed by atoms with Gasteiger partial charge in [-0.1, -0.05) is 31.2 Å². The molecule has 0 spiro atoms. The molecule has 2 heterocycles. The molecule has 2 aromatic rings. The van der Waals surface area contributed by atoms with Gasteiger partial charge in [-0.15, -0.1) is 0 Å². The van der Waals surface area contributed by atoms with Crippen molar-refractivity contribution in [3.8, 4) is 0 Å². The molecule has 156 valence electrons. The normalized spacial score (nSPS) is 19.4. The predicted molar refractivity (Wildman–Crippen MR) is 114 cm³/mol. The number of rotatable bonds is 5. The van der Waals surface area contributed by atoms with E-state index in [0.717, 1.165) is 22.9 Å². The summed E-state index contributed by atoms with van der Waals surface area (Å²) in [4.78, 5) is 31.9. The lowest BCUT2D eigenvalue weighted by molar-refractivity contribution is -0.132. The molecule has 1 aliphatic rings. The molecular formula is C23H31N3O3. The number of hydrogen-bond acceptors (Lipinski definition) is 4. The summed E-state index contributed by atoms with van der Waals surface area (Å²) in [6.45, 7) is 8.52. The Balaban J connectivity index is 1.68. The van der Waals surface area contributed by atoms with E-state index < -0.39 is 17.2 Å². The molecule has 1 aromatic heterocycles. The first-order valence-electron chi connectivity index (χ1n) is 10.4. The molecule has 6 nitrogen and oxygen atoms in total. The van der Waals surface area contributed by atoms with Crippen LogP contribution in [0.4, 0.5) is 4.79 Å². The van der Waals surface area contributed by atoms with E-state index in [9.17, 15) is 9.59 Å². The monoisotopic (exact) mass is 397 g/mol. The predicted octanol–water partition coefficient (Wildman–Crippen LogP) is 4.07. The number of ether oxygens (including phenoxy) is 1. The maximum absolute atomic E-state index is 13.2. The van der Waals surface area contributed by atoms with Crippen molar-refractivity contribution in [1.29, 1.82) is 0 Å². The number of aromatic nitrogens is 1. The van der Waals surface area contributed by atoms with Gasteiger partial charge in [-0.25, -0.2) is 4.79 Å². The van der Waals surface area contributed by atoms with Gasteiger partial charge in [0.05, 0.1) is 5.52 Å². The summed E-state index contributed by atoms with van der Waals surface area (Å²) >= 11 is 0. The lowest BCUT2D eigenvalue weighted by Crippen LogP contribution is -2.58. The number of fused-ring (bicyclic) bond motifs is 1. The van der Waals surface area contributed by atoms with Gasteiger partial charge in [0, 0.05) is 24.7 Å². The van der Waals surface area contributed by atoms with Crippen molar-refractivity contribution < 1.29 is 14.3 Å². The van der Waals surface area contributed by atoms with Crippen LogP contribution in [0.2, 0.25) is 0 Å². The van der Waals surface area contributed by atoms with Gasteiger partial charge in [0.25, 0.3) is 0 Å². The first-order valence-corrected chi connectivity index (χ1v) is 10.4. The molecule has 0 radical (unpaired) electrons. The Morgan fingerprint density at radius 2 is 2.00 bits per heavy atom. The molecule has 1 aliphatic heterocycles. The second kappa shape index (κ2) is 8.39. The second-order valence-electron chi connectivity index (χ2n) is 8.62. The van der Waals surface area contributed by atoms with Crippen molar-refractivity contribution in [2.24, 2.45) is 0 Å². The summed E-state index contributed by atoms with van der Waals surface area (Å²) in [5.41, 5.74) is 0.645. The van der Waals surface area contributed by atoms with Crippen LogP contribution in [0, 0.1) is 0 Å². The summed E-state index contributed by atoms with van der Waals surface area (Å²) < 4.78 is 5.55. The first kappa shape index (κ1) is 21.1. The Bertz CT molecular complexity index is 885. The summed E-state index contributed by atoms with van der Waals surface area (Å²) in [6.07, 6.45) is 4.08. The molecule has 3 rings (SSSR count). The minimum Gasteiger partial charge on any atom is -0.444 e. The van der Waals surface area contributed by atoms with Crippen molar-refractivity contribution in [2.75, 3.05) is 13.1 Å². The van der Waals surface area contributed by atoms with E-state index in [1.165, 1.54) is 0 Å². The SMILES string of the molecule is CC[C@@]1(C(=O)NCCc2cccc3cccnc23)CCCN1C(=O)OC(C)(C)C. The second-order valence-corrected chi connectivity index (χ2v) is 8.62. The Morgan fingerprint density at radius 3 is 2.72 bits per heavy atom. The van der Waals surface area contributed by atoms with Crippen LogP contribution in [-0.4, -0.2) is 46.1 Å². The van der Waals surface area contributed by atoms with E-state index in [2.05, 4.69) is 10.3 Å². The summed E-state index contributed by atoms with van der Waals surface area (Å²) in [7, 11) is 0. The number of hydrogen-bond donors (Lipinski definition) is 1. The van der Waals surface area contributed by atoms with E-state index in [1.54, 1.807) is 11.1 Å². The summed E-state index contributed by atoms with van der Waals surface area (Å²) in [6, 6.07) is 10.0. The highest BCUT2D eigenvalue weighted by molar-refractivity contribution is 5.90. The third kappa shape index (κ3) is 4.52. The molecule has 0 aliphatic carbocycles. The first-order chi connectivity index (χ1) is 13.8. The Labute approximate surface area is 172 Å². The van der Waals surface area contributed by atoms with Crippen LogP contribution in [-0.2, 0) is 16.0 Å². The maximum atomic E-state index is 13.2. The summed E-state index contributed by atoms with van der Waals surface area (Å²) in [5.74, 6) is -0.100. The maximum Gasteiger partial charge on any atom is 0.411 e. The van der Waals surface area contributed by atoms with Crippen LogP contribution in [0.15, 0.2) is 36.5 Å². The van der Waals surface area contributed by atoms with Crippen LogP contribution in [0.25, 0.3) is 10.9 Å². The molecule has 1 fully saturated rings. The number of carbonyl (C=O) groups is 2. The third-order valence-corrected chi connectivity index (χ3v) is 5.51. The highest BCUT2D eigenvalue weighted by atomic mass is 16.6. The van der Waals surface area contributed by atoms with Crippen LogP contribution in [0.3, 0.4) is 0 Å². The van der Waals surface area contributed by atoms with Crippen molar-refractivity contribution in [1.82, 2.24) is 15.2 Å². The molecular weight excluding hydrogens is 366 g/mol. The Kier molecular flexibility index (Phi) is 6.10. The minimum atomic E-state index is -0.834. The quantitative estimate of drug-likeness (QED) is 0.825. The number of likely N-dealkylation sites (tertiary alicyclic amines) is 1. The van der Waals surface area contributed by atoms with Crippen molar-refractivity contribution in [2.45, 2.75) is 64.5 Å². The fourth-order valence-electron chi connectivity index (χ4n) is 4.07. The van der Waals surface area contributed by atoms with Gasteiger partial charge < -0.3 is 10.1 Å². The highest BCUT2D eigenvalue weighted by Gasteiger charge is 2.49. The smallest absolute Gasteiger partial charge is 0.411 e. The number of nitrogens with zero attached hydrogens (tertiary/aromatic N) is 2. The number of para-hydroxylation sites is 1. The third-order valence-electron chi connectivity index (χ3n) is 5.51. The average molecular weight is 398 g/mol. The largest absolute Gasteiger partial charge is 0.444 e. The van der Waals surface area contributed by atoms with Gasteiger partial charge in [-0.3, -0.25) is 14.7 Å². The summed E-state index contributed by atoms with van der Waals surface area (Å²) in [5, 5.41) is 4.15. The van der Waals surface area contributed by atoms with Gasteiger partial charge in [0.15, 0.2) is 0 Å². The van der Waals surface area contributed by atoms with Crippen molar-refractivity contribution >= 4 is 22.9 Å². The molecule has 1 N–H and O–H groups in total. The van der Waals surface area contributed by atoms with E-state index >= 15 is 0 Å². The van der Waals surface area contributed by atoms with Crippen LogP contribution < -0.4 is 5.32 Å². The van der Waals surface area contributed by atoms with E-state index in [4.69, 9.17) is 4.74 Å². The number of benzene rings is 1. The van der Waals surface area contributed by atoms with Gasteiger partial charge in [-0.2, -0.15) is 0 Å². The molecule has 1 aromatic carbocycles. The van der Waals surface area contributed by atoms with Gasteiger partial charge >= 0.3 is 6.09 Å². The van der Waals surface area contributed by atoms with Crippen LogP contribution in [0.5, 0.6) is 0 Å².